The van der Waals surface area contributed by atoms with Crippen molar-refractivity contribution in [3.05, 3.63) is 89.3 Å². The van der Waals surface area contributed by atoms with E-state index in [1.54, 1.807) is 48.5 Å². The number of nitrogens with one attached hydrogen (secondary N) is 2. The van der Waals surface area contributed by atoms with Crippen molar-refractivity contribution in [2.24, 2.45) is 0 Å². The molecule has 0 fully saturated rings. The van der Waals surface area contributed by atoms with Gasteiger partial charge in [0, 0.05) is 18.2 Å². The number of carboxylic acid groups (broad SMARTS) is 1. The van der Waals surface area contributed by atoms with Crippen LogP contribution in [-0.2, 0) is 4.79 Å². The quantitative estimate of drug-likeness (QED) is 0.536. The van der Waals surface area contributed by atoms with Gasteiger partial charge in [-0.05, 0) is 41.5 Å². The van der Waals surface area contributed by atoms with Gasteiger partial charge in [-0.3, -0.25) is 9.59 Å². The molecule has 3 aromatic rings. The number of carbonyl (C=O) groups excluding carboxylic acids is 2. The number of carbonyl (C=O) groups is 3. The molecule has 0 saturated heterocycles. The summed E-state index contributed by atoms with van der Waals surface area (Å²) >= 11 is 0. The maximum Gasteiger partial charge on any atom is 0.338 e. The van der Waals surface area contributed by atoms with Crippen molar-refractivity contribution >= 4 is 34.8 Å². The van der Waals surface area contributed by atoms with Crippen LogP contribution in [0.1, 0.15) is 27.6 Å². The molecule has 0 unspecified atom stereocenters. The zero-order valence-electron chi connectivity index (χ0n) is 16.0. The van der Waals surface area contributed by atoms with Crippen molar-refractivity contribution in [1.82, 2.24) is 0 Å². The summed E-state index contributed by atoms with van der Waals surface area (Å²) in [4.78, 5) is 39.0. The highest BCUT2D eigenvalue weighted by Gasteiger charge is 2.19. The van der Waals surface area contributed by atoms with E-state index in [1.807, 2.05) is 0 Å². The number of aromatic carboxylic acids is 1. The van der Waals surface area contributed by atoms with Gasteiger partial charge in [-0.2, -0.15) is 0 Å². The number of amides is 2. The lowest BCUT2D eigenvalue weighted by Crippen LogP contribution is -2.15. The van der Waals surface area contributed by atoms with Crippen LogP contribution in [0, 0.1) is 6.57 Å². The Morgan fingerprint density at radius 1 is 0.900 bits per heavy atom. The highest BCUT2D eigenvalue weighted by Crippen LogP contribution is 2.31. The fourth-order valence-corrected chi connectivity index (χ4v) is 2.95. The molecule has 0 aliphatic rings. The van der Waals surface area contributed by atoms with Gasteiger partial charge >= 0.3 is 5.97 Å². The van der Waals surface area contributed by atoms with Gasteiger partial charge < -0.3 is 15.7 Å². The molecule has 2 amide bonds. The van der Waals surface area contributed by atoms with Gasteiger partial charge in [-0.15, -0.1) is 0 Å². The number of hydrogen-bond acceptors (Lipinski definition) is 3. The van der Waals surface area contributed by atoms with Crippen LogP contribution >= 0.6 is 0 Å². The molecule has 0 aromatic heterocycles. The molecule has 3 aromatic carbocycles. The summed E-state index contributed by atoms with van der Waals surface area (Å²) in [7, 11) is 0. The molecular formula is C23H17N3O4. The topological polar surface area (TPSA) is 99.9 Å². The van der Waals surface area contributed by atoms with E-state index in [2.05, 4.69) is 15.5 Å². The fourth-order valence-electron chi connectivity index (χ4n) is 2.95. The first-order valence-electron chi connectivity index (χ1n) is 8.92. The molecule has 0 heterocycles. The summed E-state index contributed by atoms with van der Waals surface area (Å²) in [6.07, 6.45) is 0. The normalized spacial score (nSPS) is 10.0. The first-order chi connectivity index (χ1) is 14.4. The second kappa shape index (κ2) is 8.71. The summed E-state index contributed by atoms with van der Waals surface area (Å²) < 4.78 is 0. The minimum Gasteiger partial charge on any atom is -0.478 e. The Morgan fingerprint density at radius 3 is 2.13 bits per heavy atom. The van der Waals surface area contributed by atoms with Gasteiger partial charge in [0.25, 0.3) is 5.91 Å². The largest absolute Gasteiger partial charge is 0.478 e. The molecule has 0 radical (unpaired) electrons. The van der Waals surface area contributed by atoms with Crippen LogP contribution in [0.5, 0.6) is 0 Å². The summed E-state index contributed by atoms with van der Waals surface area (Å²) in [6, 6.07) is 17.6. The van der Waals surface area contributed by atoms with Crippen LogP contribution in [0.4, 0.5) is 17.1 Å². The number of anilines is 2. The predicted octanol–water partition coefficient (Wildman–Crippen LogP) is 4.81. The average molecular weight is 399 g/mol. The average Bonchev–Trinajstić information content (AvgIpc) is 2.73. The Bertz CT molecular complexity index is 1160. The second-order valence-electron chi connectivity index (χ2n) is 6.40. The summed E-state index contributed by atoms with van der Waals surface area (Å²) in [5.74, 6) is -1.89. The van der Waals surface area contributed by atoms with Crippen LogP contribution in [0.3, 0.4) is 0 Å². The van der Waals surface area contributed by atoms with E-state index in [-0.39, 0.29) is 17.2 Å². The lowest BCUT2D eigenvalue weighted by molar-refractivity contribution is -0.114. The highest BCUT2D eigenvalue weighted by molar-refractivity contribution is 6.10. The molecule has 7 nitrogen and oxygen atoms in total. The predicted molar refractivity (Wildman–Crippen MR) is 114 cm³/mol. The van der Waals surface area contributed by atoms with Crippen molar-refractivity contribution in [3.8, 4) is 11.1 Å². The standard InChI is InChI=1S/C23H17N3O4/c1-14(27)25-18-12-8-16(9-13-18)22(28)26-20-5-3-4-19(21(20)23(29)30)15-6-10-17(24-2)11-7-15/h3-13H,1H3,(H,25,27)(H,26,28)(H,29,30). The number of hydrogen-bond donors (Lipinski definition) is 3. The maximum absolute atomic E-state index is 12.6. The zero-order chi connectivity index (χ0) is 21.7. The van der Waals surface area contributed by atoms with Crippen LogP contribution in [-0.4, -0.2) is 22.9 Å². The number of benzene rings is 3. The second-order valence-corrected chi connectivity index (χ2v) is 6.40. The van der Waals surface area contributed by atoms with Crippen molar-refractivity contribution in [1.29, 1.82) is 0 Å². The van der Waals surface area contributed by atoms with Crippen LogP contribution in [0.15, 0.2) is 66.7 Å². The van der Waals surface area contributed by atoms with Crippen molar-refractivity contribution in [3.63, 3.8) is 0 Å². The molecule has 0 saturated carbocycles. The molecule has 0 aliphatic heterocycles. The third-order valence-electron chi connectivity index (χ3n) is 4.30. The smallest absolute Gasteiger partial charge is 0.338 e. The third-order valence-corrected chi connectivity index (χ3v) is 4.30. The van der Waals surface area contributed by atoms with Gasteiger partial charge in [0.15, 0.2) is 5.69 Å². The SMILES string of the molecule is [C-]#[N+]c1ccc(-c2cccc(NC(=O)c3ccc(NC(C)=O)cc3)c2C(=O)O)cc1. The minimum absolute atomic E-state index is 0.0451. The van der Waals surface area contributed by atoms with Gasteiger partial charge in [0.1, 0.15) is 0 Å². The van der Waals surface area contributed by atoms with E-state index in [0.717, 1.165) is 0 Å². The Labute approximate surface area is 172 Å². The number of nitrogens with zero attached hydrogens (tertiary/aromatic N) is 1. The molecule has 30 heavy (non-hydrogen) atoms. The van der Waals surface area contributed by atoms with Crippen LogP contribution < -0.4 is 10.6 Å². The van der Waals surface area contributed by atoms with Gasteiger partial charge in [0.2, 0.25) is 5.91 Å². The molecule has 0 spiro atoms. The van der Waals surface area contributed by atoms with E-state index >= 15 is 0 Å². The monoisotopic (exact) mass is 399 g/mol. The molecule has 0 atom stereocenters. The van der Waals surface area contributed by atoms with Crippen molar-refractivity contribution in [2.75, 3.05) is 10.6 Å². The molecule has 3 rings (SSSR count). The van der Waals surface area contributed by atoms with Gasteiger partial charge in [-0.25, -0.2) is 9.64 Å². The minimum atomic E-state index is -1.18. The summed E-state index contributed by atoms with van der Waals surface area (Å²) in [5, 5.41) is 15.0. The molecule has 7 heteroatoms. The van der Waals surface area contributed by atoms with Crippen molar-refractivity contribution < 1.29 is 19.5 Å². The maximum atomic E-state index is 12.6. The lowest BCUT2D eigenvalue weighted by Gasteiger charge is -2.13. The van der Waals surface area contributed by atoms with E-state index in [4.69, 9.17) is 6.57 Å². The lowest BCUT2D eigenvalue weighted by atomic mass is 9.97. The van der Waals surface area contributed by atoms with Gasteiger partial charge in [-0.1, -0.05) is 36.4 Å². The van der Waals surface area contributed by atoms with E-state index in [1.165, 1.54) is 25.1 Å². The Balaban J connectivity index is 1.92. The summed E-state index contributed by atoms with van der Waals surface area (Å²) in [5.41, 5.74) is 2.47. The molecule has 3 N–H and O–H groups in total. The van der Waals surface area contributed by atoms with E-state index < -0.39 is 11.9 Å². The molecule has 0 bridgehead atoms. The zero-order valence-corrected chi connectivity index (χ0v) is 16.0. The number of rotatable bonds is 5. The van der Waals surface area contributed by atoms with Crippen molar-refractivity contribution in [2.45, 2.75) is 6.92 Å². The van der Waals surface area contributed by atoms with Gasteiger partial charge in [0.05, 0.1) is 17.8 Å². The Morgan fingerprint density at radius 2 is 1.57 bits per heavy atom. The van der Waals surface area contributed by atoms with E-state index in [9.17, 15) is 19.5 Å². The fraction of sp³-hybridized carbons (Fsp3) is 0.0435. The molecular weight excluding hydrogens is 382 g/mol. The molecule has 0 aliphatic carbocycles. The Kier molecular flexibility index (Phi) is 5.89. The van der Waals surface area contributed by atoms with Crippen LogP contribution in [0.25, 0.3) is 16.0 Å². The highest BCUT2D eigenvalue weighted by atomic mass is 16.4. The summed E-state index contributed by atoms with van der Waals surface area (Å²) in [6.45, 7) is 8.42. The third kappa shape index (κ3) is 4.51. The molecule has 148 valence electrons. The van der Waals surface area contributed by atoms with Crippen LogP contribution in [0.2, 0.25) is 0 Å². The number of carboxylic acids is 1. The first-order valence-corrected chi connectivity index (χ1v) is 8.92. The van der Waals surface area contributed by atoms with E-state index in [0.29, 0.717) is 28.1 Å². The Hall–Kier alpha value is -4.44. The first kappa shape index (κ1) is 20.3.